The van der Waals surface area contributed by atoms with E-state index in [1.54, 1.807) is 6.92 Å². The van der Waals surface area contributed by atoms with Crippen molar-refractivity contribution >= 4 is 10.0 Å². The SMILES string of the molecule is CC(C)CS(=O)(=O)NCCNCC(C)O. The minimum atomic E-state index is -3.13. The van der Waals surface area contributed by atoms with Crippen molar-refractivity contribution in [2.75, 3.05) is 25.4 Å². The van der Waals surface area contributed by atoms with E-state index in [1.807, 2.05) is 13.8 Å². The lowest BCUT2D eigenvalue weighted by Crippen LogP contribution is -2.36. The van der Waals surface area contributed by atoms with E-state index in [4.69, 9.17) is 5.11 Å². The van der Waals surface area contributed by atoms with Crippen LogP contribution in [0.1, 0.15) is 20.8 Å². The molecule has 0 heterocycles. The van der Waals surface area contributed by atoms with Gasteiger partial charge in [-0.25, -0.2) is 13.1 Å². The third kappa shape index (κ3) is 10.1. The van der Waals surface area contributed by atoms with Gasteiger partial charge in [0.15, 0.2) is 0 Å². The Labute approximate surface area is 92.3 Å². The van der Waals surface area contributed by atoms with Crippen molar-refractivity contribution in [3.05, 3.63) is 0 Å². The van der Waals surface area contributed by atoms with E-state index in [9.17, 15) is 8.42 Å². The molecular weight excluding hydrogens is 216 g/mol. The molecule has 0 spiro atoms. The van der Waals surface area contributed by atoms with Crippen molar-refractivity contribution in [2.24, 2.45) is 5.92 Å². The highest BCUT2D eigenvalue weighted by Gasteiger charge is 2.11. The van der Waals surface area contributed by atoms with E-state index in [-0.39, 0.29) is 11.7 Å². The first-order valence-electron chi connectivity index (χ1n) is 5.19. The summed E-state index contributed by atoms with van der Waals surface area (Å²) in [6.45, 7) is 6.78. The van der Waals surface area contributed by atoms with Crippen molar-refractivity contribution in [2.45, 2.75) is 26.9 Å². The molecule has 1 unspecified atom stereocenters. The van der Waals surface area contributed by atoms with Crippen LogP contribution < -0.4 is 10.0 Å². The van der Waals surface area contributed by atoms with Gasteiger partial charge in [0.2, 0.25) is 10.0 Å². The molecule has 3 N–H and O–H groups in total. The highest BCUT2D eigenvalue weighted by Crippen LogP contribution is 1.96. The molecule has 0 bridgehead atoms. The third-order valence-corrected chi connectivity index (χ3v) is 3.37. The minimum Gasteiger partial charge on any atom is -0.392 e. The van der Waals surface area contributed by atoms with Gasteiger partial charge in [-0.05, 0) is 12.8 Å². The Kier molecular flexibility index (Phi) is 7.08. The lowest BCUT2D eigenvalue weighted by Gasteiger charge is -2.10. The van der Waals surface area contributed by atoms with Crippen molar-refractivity contribution in [3.8, 4) is 0 Å². The summed E-state index contributed by atoms with van der Waals surface area (Å²) in [5.74, 6) is 0.288. The molecule has 0 radical (unpaired) electrons. The molecule has 0 amide bonds. The van der Waals surface area contributed by atoms with Crippen LogP contribution in [0.2, 0.25) is 0 Å². The first-order valence-corrected chi connectivity index (χ1v) is 6.85. The predicted octanol–water partition coefficient (Wildman–Crippen LogP) is -0.468. The zero-order valence-corrected chi connectivity index (χ0v) is 10.5. The highest BCUT2D eigenvalue weighted by molar-refractivity contribution is 7.89. The predicted molar refractivity (Wildman–Crippen MR) is 61.2 cm³/mol. The van der Waals surface area contributed by atoms with Crippen LogP contribution in [0.15, 0.2) is 0 Å². The molecule has 0 aliphatic heterocycles. The first kappa shape index (κ1) is 14.8. The van der Waals surface area contributed by atoms with Gasteiger partial charge in [0.1, 0.15) is 0 Å². The molecule has 5 nitrogen and oxygen atoms in total. The molecule has 0 aromatic heterocycles. The van der Waals surface area contributed by atoms with E-state index < -0.39 is 16.1 Å². The summed E-state index contributed by atoms with van der Waals surface area (Å²) in [4.78, 5) is 0. The minimum absolute atomic E-state index is 0.132. The number of hydrogen-bond acceptors (Lipinski definition) is 4. The molecule has 15 heavy (non-hydrogen) atoms. The van der Waals surface area contributed by atoms with E-state index in [0.29, 0.717) is 19.6 Å². The van der Waals surface area contributed by atoms with Gasteiger partial charge in [0.25, 0.3) is 0 Å². The van der Waals surface area contributed by atoms with E-state index in [0.717, 1.165) is 0 Å². The van der Waals surface area contributed by atoms with Gasteiger partial charge in [0, 0.05) is 19.6 Å². The second kappa shape index (κ2) is 7.16. The number of aliphatic hydroxyl groups is 1. The summed E-state index contributed by atoms with van der Waals surface area (Å²) in [5.41, 5.74) is 0. The number of sulfonamides is 1. The van der Waals surface area contributed by atoms with E-state index in [1.165, 1.54) is 0 Å². The third-order valence-electron chi connectivity index (χ3n) is 1.62. The van der Waals surface area contributed by atoms with Gasteiger partial charge in [-0.15, -0.1) is 0 Å². The van der Waals surface area contributed by atoms with Gasteiger partial charge >= 0.3 is 0 Å². The van der Waals surface area contributed by atoms with Crippen molar-refractivity contribution in [3.63, 3.8) is 0 Å². The molecule has 6 heteroatoms. The maximum atomic E-state index is 11.3. The van der Waals surface area contributed by atoms with Gasteiger partial charge in [-0.1, -0.05) is 13.8 Å². The number of rotatable bonds is 8. The monoisotopic (exact) mass is 238 g/mol. The van der Waals surface area contributed by atoms with Crippen LogP contribution in [0.3, 0.4) is 0 Å². The Balaban J connectivity index is 3.58. The van der Waals surface area contributed by atoms with Crippen LogP contribution in [0.4, 0.5) is 0 Å². The van der Waals surface area contributed by atoms with Crippen LogP contribution in [0.25, 0.3) is 0 Å². The maximum Gasteiger partial charge on any atom is 0.211 e. The van der Waals surface area contributed by atoms with Crippen LogP contribution in [-0.4, -0.2) is 45.0 Å². The van der Waals surface area contributed by atoms with Gasteiger partial charge in [-0.3, -0.25) is 0 Å². The van der Waals surface area contributed by atoms with Crippen molar-refractivity contribution in [1.29, 1.82) is 0 Å². The molecule has 1 atom stereocenters. The standard InChI is InChI=1S/C9H22N2O3S/c1-8(2)7-15(13,14)11-5-4-10-6-9(3)12/h8-12H,4-7H2,1-3H3. The summed E-state index contributed by atoms with van der Waals surface area (Å²) < 4.78 is 25.2. The average molecular weight is 238 g/mol. The lowest BCUT2D eigenvalue weighted by molar-refractivity contribution is 0.192. The fraction of sp³-hybridized carbons (Fsp3) is 1.00. The molecule has 0 rings (SSSR count). The molecule has 0 saturated heterocycles. The smallest absolute Gasteiger partial charge is 0.211 e. The molecule has 0 aliphatic carbocycles. The lowest BCUT2D eigenvalue weighted by atomic mass is 10.3. The molecular formula is C9H22N2O3S. The molecule has 0 aromatic rings. The Bertz CT molecular complexity index is 250. The van der Waals surface area contributed by atoms with Crippen molar-refractivity contribution in [1.82, 2.24) is 10.0 Å². The molecule has 0 fully saturated rings. The molecule has 0 saturated carbocycles. The molecule has 0 aliphatic rings. The fourth-order valence-electron chi connectivity index (χ4n) is 1.10. The quantitative estimate of drug-likeness (QED) is 0.500. The summed E-state index contributed by atoms with van der Waals surface area (Å²) in [7, 11) is -3.13. The maximum absolute atomic E-state index is 11.3. The normalized spacial score (nSPS) is 14.5. The van der Waals surface area contributed by atoms with E-state index in [2.05, 4.69) is 10.0 Å². The number of nitrogens with one attached hydrogen (secondary N) is 2. The number of hydrogen-bond donors (Lipinski definition) is 3. The zero-order valence-electron chi connectivity index (χ0n) is 9.66. The van der Waals surface area contributed by atoms with Gasteiger partial charge in [0.05, 0.1) is 11.9 Å². The van der Waals surface area contributed by atoms with Gasteiger partial charge < -0.3 is 10.4 Å². The Morgan fingerprint density at radius 1 is 1.20 bits per heavy atom. The van der Waals surface area contributed by atoms with Crippen LogP contribution >= 0.6 is 0 Å². The summed E-state index contributed by atoms with van der Waals surface area (Å²) >= 11 is 0. The molecule has 0 aromatic carbocycles. The Morgan fingerprint density at radius 2 is 1.80 bits per heavy atom. The Hall–Kier alpha value is -0.170. The summed E-state index contributed by atoms with van der Waals surface area (Å²) in [6, 6.07) is 0. The average Bonchev–Trinajstić information content (AvgIpc) is 1.99. The van der Waals surface area contributed by atoms with Crippen molar-refractivity contribution < 1.29 is 13.5 Å². The van der Waals surface area contributed by atoms with Crippen LogP contribution in [0.5, 0.6) is 0 Å². The topological polar surface area (TPSA) is 78.4 Å². The van der Waals surface area contributed by atoms with Crippen LogP contribution in [0, 0.1) is 5.92 Å². The zero-order chi connectivity index (χ0) is 11.9. The van der Waals surface area contributed by atoms with E-state index >= 15 is 0 Å². The summed E-state index contributed by atoms with van der Waals surface area (Å²) in [5, 5.41) is 11.9. The van der Waals surface area contributed by atoms with Gasteiger partial charge in [-0.2, -0.15) is 0 Å². The Morgan fingerprint density at radius 3 is 2.27 bits per heavy atom. The highest BCUT2D eigenvalue weighted by atomic mass is 32.2. The number of aliphatic hydroxyl groups excluding tert-OH is 1. The molecule has 92 valence electrons. The first-order chi connectivity index (χ1) is 6.83. The second-order valence-corrected chi connectivity index (χ2v) is 5.97. The fourth-order valence-corrected chi connectivity index (χ4v) is 2.51. The summed E-state index contributed by atoms with van der Waals surface area (Å²) in [6.07, 6.45) is -0.405. The van der Waals surface area contributed by atoms with Crippen LogP contribution in [-0.2, 0) is 10.0 Å². The largest absolute Gasteiger partial charge is 0.392 e. The second-order valence-electron chi connectivity index (χ2n) is 4.12.